The Balaban J connectivity index is 1.36. The molecule has 0 fully saturated rings. The van der Waals surface area contributed by atoms with Gasteiger partial charge in [-0.2, -0.15) is 0 Å². The third-order valence-corrected chi connectivity index (χ3v) is 7.36. The van der Waals surface area contributed by atoms with Crippen LogP contribution in [0, 0.1) is 11.6 Å². The quantitative estimate of drug-likeness (QED) is 0.564. The number of benzene rings is 2. The summed E-state index contributed by atoms with van der Waals surface area (Å²) in [5.74, 6) is -2.14. The van der Waals surface area contributed by atoms with Gasteiger partial charge in [0.05, 0.1) is 5.02 Å². The topological polar surface area (TPSA) is 49.4 Å². The first-order chi connectivity index (χ1) is 13.4. The lowest BCUT2D eigenvalue weighted by Gasteiger charge is -2.35. The van der Waals surface area contributed by atoms with Crippen LogP contribution in [0.1, 0.15) is 35.6 Å². The van der Waals surface area contributed by atoms with E-state index < -0.39 is 31.6 Å². The van der Waals surface area contributed by atoms with Crippen molar-refractivity contribution in [3.8, 4) is 0 Å². The second-order valence-electron chi connectivity index (χ2n) is 7.28. The fourth-order valence-electron chi connectivity index (χ4n) is 4.30. The van der Waals surface area contributed by atoms with Gasteiger partial charge in [-0.3, -0.25) is 4.90 Å². The minimum atomic E-state index is -4.09. The lowest BCUT2D eigenvalue weighted by Crippen LogP contribution is -2.36. The molecule has 8 heteroatoms. The second kappa shape index (κ2) is 7.71. The van der Waals surface area contributed by atoms with E-state index in [2.05, 4.69) is 27.8 Å². The van der Waals surface area contributed by atoms with Crippen molar-refractivity contribution in [2.24, 2.45) is 0 Å². The van der Waals surface area contributed by atoms with E-state index in [-0.39, 0.29) is 6.54 Å². The van der Waals surface area contributed by atoms with E-state index in [1.807, 2.05) is 0 Å². The normalized spacial score (nSPS) is 19.0. The van der Waals surface area contributed by atoms with Gasteiger partial charge in [0.15, 0.2) is 0 Å². The second-order valence-corrected chi connectivity index (χ2v) is 9.42. The van der Waals surface area contributed by atoms with Crippen molar-refractivity contribution < 1.29 is 17.2 Å². The highest BCUT2D eigenvalue weighted by Crippen LogP contribution is 2.41. The Morgan fingerprint density at radius 2 is 1.89 bits per heavy atom. The lowest BCUT2D eigenvalue weighted by molar-refractivity contribution is 0.184. The average Bonchev–Trinajstić information content (AvgIpc) is 3.09. The molecule has 1 heterocycles. The van der Waals surface area contributed by atoms with Gasteiger partial charge in [0.1, 0.15) is 16.5 Å². The van der Waals surface area contributed by atoms with Crippen molar-refractivity contribution in [2.45, 2.75) is 36.6 Å². The molecule has 28 heavy (non-hydrogen) atoms. The third-order valence-electron chi connectivity index (χ3n) is 5.59. The predicted molar refractivity (Wildman–Crippen MR) is 104 cm³/mol. The van der Waals surface area contributed by atoms with Crippen molar-refractivity contribution in [2.75, 3.05) is 19.6 Å². The molecule has 1 aliphatic heterocycles. The lowest BCUT2D eigenvalue weighted by atomic mass is 9.93. The minimum Gasteiger partial charge on any atom is -0.296 e. The maximum Gasteiger partial charge on any atom is 0.243 e. The Morgan fingerprint density at radius 1 is 1.14 bits per heavy atom. The van der Waals surface area contributed by atoms with Gasteiger partial charge in [-0.1, -0.05) is 29.8 Å². The van der Waals surface area contributed by atoms with Gasteiger partial charge in [0.25, 0.3) is 0 Å². The van der Waals surface area contributed by atoms with Crippen LogP contribution in [-0.2, 0) is 22.9 Å². The zero-order chi connectivity index (χ0) is 19.9. The Hall–Kier alpha value is -1.54. The molecule has 1 aliphatic carbocycles. The average molecular weight is 427 g/mol. The first-order valence-electron chi connectivity index (χ1n) is 9.36. The summed E-state index contributed by atoms with van der Waals surface area (Å²) in [5.41, 5.74) is 4.31. The molecular weight excluding hydrogens is 406 g/mol. The molecular formula is C20H21ClF2N2O2S. The van der Waals surface area contributed by atoms with Crippen LogP contribution in [0.5, 0.6) is 0 Å². The van der Waals surface area contributed by atoms with Gasteiger partial charge >= 0.3 is 0 Å². The van der Waals surface area contributed by atoms with Crippen LogP contribution >= 0.6 is 11.6 Å². The summed E-state index contributed by atoms with van der Waals surface area (Å²) in [7, 11) is -4.09. The summed E-state index contributed by atoms with van der Waals surface area (Å²) in [5, 5.41) is -0.425. The molecule has 1 atom stereocenters. The molecule has 0 aromatic heterocycles. The van der Waals surface area contributed by atoms with Gasteiger partial charge in [-0.25, -0.2) is 21.9 Å². The Bertz CT molecular complexity index is 1010. The number of nitrogens with one attached hydrogen (secondary N) is 1. The Kier molecular flexibility index (Phi) is 5.44. The highest BCUT2D eigenvalue weighted by Gasteiger charge is 2.33. The summed E-state index contributed by atoms with van der Waals surface area (Å²) in [4.78, 5) is 1.77. The summed E-state index contributed by atoms with van der Waals surface area (Å²) < 4.78 is 54.1. The molecule has 1 unspecified atom stereocenters. The molecule has 2 aliphatic rings. The first kappa shape index (κ1) is 19.8. The van der Waals surface area contributed by atoms with Crippen LogP contribution in [0.15, 0.2) is 35.2 Å². The highest BCUT2D eigenvalue weighted by molar-refractivity contribution is 7.89. The van der Waals surface area contributed by atoms with E-state index in [9.17, 15) is 17.2 Å². The van der Waals surface area contributed by atoms with Crippen molar-refractivity contribution in [3.63, 3.8) is 0 Å². The number of hydrogen-bond acceptors (Lipinski definition) is 3. The minimum absolute atomic E-state index is 0.175. The van der Waals surface area contributed by atoms with E-state index in [0.717, 1.165) is 38.4 Å². The molecule has 0 saturated heterocycles. The number of halogens is 3. The zero-order valence-corrected chi connectivity index (χ0v) is 16.8. The van der Waals surface area contributed by atoms with E-state index in [0.29, 0.717) is 18.5 Å². The number of sulfonamides is 1. The first-order valence-corrected chi connectivity index (χ1v) is 11.2. The maximum atomic E-state index is 13.8. The van der Waals surface area contributed by atoms with E-state index in [1.165, 1.54) is 16.7 Å². The van der Waals surface area contributed by atoms with Crippen LogP contribution in [0.3, 0.4) is 0 Å². The van der Waals surface area contributed by atoms with Crippen LogP contribution in [-0.4, -0.2) is 33.0 Å². The molecule has 150 valence electrons. The van der Waals surface area contributed by atoms with Gasteiger partial charge in [0, 0.05) is 31.7 Å². The highest BCUT2D eigenvalue weighted by atomic mass is 35.5. The smallest absolute Gasteiger partial charge is 0.243 e. The standard InChI is InChI=1S/C20H21ClF2N2O2S/c21-15-11-19(17(23)12-16(15)22)28(26,27)24-8-2-9-25-10-7-14-4-1-3-13-5-6-18(25)20(13)14/h1,3-4,11-12,18,24H,2,5-10H2. The van der Waals surface area contributed by atoms with E-state index >= 15 is 0 Å². The number of nitrogens with zero attached hydrogens (tertiary/aromatic N) is 1. The fourth-order valence-corrected chi connectivity index (χ4v) is 5.68. The van der Waals surface area contributed by atoms with E-state index in [1.54, 1.807) is 0 Å². The number of aryl methyl sites for hydroxylation is 1. The van der Waals surface area contributed by atoms with Crippen LogP contribution in [0.4, 0.5) is 8.78 Å². The van der Waals surface area contributed by atoms with E-state index in [4.69, 9.17) is 11.6 Å². The largest absolute Gasteiger partial charge is 0.296 e. The molecule has 0 radical (unpaired) electrons. The molecule has 2 aromatic rings. The summed E-state index contributed by atoms with van der Waals surface area (Å²) >= 11 is 5.59. The third kappa shape index (κ3) is 3.68. The van der Waals surface area contributed by atoms with Crippen molar-refractivity contribution in [1.29, 1.82) is 0 Å². The Morgan fingerprint density at radius 3 is 2.68 bits per heavy atom. The monoisotopic (exact) mass is 426 g/mol. The van der Waals surface area contributed by atoms with Crippen LogP contribution < -0.4 is 4.72 Å². The summed E-state index contributed by atoms with van der Waals surface area (Å²) in [6, 6.07) is 8.21. The number of hydrogen-bond donors (Lipinski definition) is 1. The van der Waals surface area contributed by atoms with Crippen molar-refractivity contribution in [3.05, 3.63) is 63.7 Å². The van der Waals surface area contributed by atoms with Crippen LogP contribution in [0.25, 0.3) is 0 Å². The molecule has 0 saturated carbocycles. The summed E-state index contributed by atoms with van der Waals surface area (Å²) in [6.07, 6.45) is 3.79. The molecule has 2 aromatic carbocycles. The fraction of sp³-hybridized carbons (Fsp3) is 0.400. The molecule has 0 bridgehead atoms. The molecule has 4 nitrogen and oxygen atoms in total. The Labute approximate surface area is 168 Å². The zero-order valence-electron chi connectivity index (χ0n) is 15.2. The molecule has 1 N–H and O–H groups in total. The van der Waals surface area contributed by atoms with Gasteiger partial charge < -0.3 is 0 Å². The molecule has 4 rings (SSSR count). The van der Waals surface area contributed by atoms with Crippen LogP contribution in [0.2, 0.25) is 5.02 Å². The van der Waals surface area contributed by atoms with Gasteiger partial charge in [-0.15, -0.1) is 0 Å². The van der Waals surface area contributed by atoms with Crippen molar-refractivity contribution >= 4 is 21.6 Å². The SMILES string of the molecule is O=S(=O)(NCCCN1CCc2cccc3c2C1CC3)c1cc(Cl)c(F)cc1F. The predicted octanol–water partition coefficient (Wildman–Crippen LogP) is 3.83. The van der Waals surface area contributed by atoms with Gasteiger partial charge in [0.2, 0.25) is 10.0 Å². The molecule has 0 amide bonds. The van der Waals surface area contributed by atoms with Gasteiger partial charge in [-0.05, 0) is 48.4 Å². The summed E-state index contributed by atoms with van der Waals surface area (Å²) in [6.45, 7) is 1.89. The number of rotatable bonds is 6. The van der Waals surface area contributed by atoms with Crippen molar-refractivity contribution in [1.82, 2.24) is 9.62 Å². The molecule has 0 spiro atoms. The maximum absolute atomic E-state index is 13.8.